The molecule has 0 saturated heterocycles. The fraction of sp³-hybridized carbons (Fsp3) is 0.294. The summed E-state index contributed by atoms with van der Waals surface area (Å²) in [6.07, 6.45) is 11.3. The molecule has 1 aromatic carbocycles. The van der Waals surface area contributed by atoms with E-state index >= 15 is 0 Å². The molecule has 18 heavy (non-hydrogen) atoms. The minimum absolute atomic E-state index is 0.801. The Morgan fingerprint density at radius 1 is 0.944 bits per heavy atom. The topological polar surface area (TPSA) is 0 Å². The second-order valence-corrected chi connectivity index (χ2v) is 6.04. The van der Waals surface area contributed by atoms with Crippen LogP contribution in [-0.4, -0.2) is 0 Å². The molecule has 0 spiro atoms. The van der Waals surface area contributed by atoms with Crippen molar-refractivity contribution in [1.82, 2.24) is 0 Å². The monoisotopic (exact) mass is 254 g/mol. The highest BCUT2D eigenvalue weighted by atomic mass is 35.5. The third kappa shape index (κ3) is 1.59. The molecule has 0 heterocycles. The molecular weight excluding hydrogens is 240 g/mol. The van der Waals surface area contributed by atoms with Crippen molar-refractivity contribution in [3.05, 3.63) is 63.7 Å². The van der Waals surface area contributed by atoms with Crippen molar-refractivity contribution >= 4 is 17.7 Å². The van der Waals surface area contributed by atoms with Crippen molar-refractivity contribution in [2.24, 2.45) is 11.8 Å². The number of halogens is 1. The fourth-order valence-electron chi connectivity index (χ4n) is 3.66. The van der Waals surface area contributed by atoms with Crippen LogP contribution in [-0.2, 0) is 0 Å². The fourth-order valence-corrected chi connectivity index (χ4v) is 3.78. The Labute approximate surface area is 113 Å². The maximum Gasteiger partial charge on any atom is 0.0406 e. The molecule has 4 rings (SSSR count). The van der Waals surface area contributed by atoms with Gasteiger partial charge in [0.15, 0.2) is 0 Å². The van der Waals surface area contributed by atoms with Gasteiger partial charge >= 0.3 is 0 Å². The molecule has 0 N–H and O–H groups in total. The van der Waals surface area contributed by atoms with E-state index in [9.17, 15) is 0 Å². The highest BCUT2D eigenvalue weighted by molar-refractivity contribution is 6.30. The van der Waals surface area contributed by atoms with Crippen LogP contribution in [0.1, 0.15) is 24.8 Å². The molecule has 2 fully saturated rings. The molecule has 3 aliphatic rings. The van der Waals surface area contributed by atoms with Gasteiger partial charge in [-0.25, -0.2) is 0 Å². The molecule has 0 radical (unpaired) electrons. The first-order valence-corrected chi connectivity index (χ1v) is 7.08. The van der Waals surface area contributed by atoms with Gasteiger partial charge in [-0.05, 0) is 71.6 Å². The summed E-state index contributed by atoms with van der Waals surface area (Å²) in [5.74, 6) is 1.72. The number of rotatable bonds is 1. The van der Waals surface area contributed by atoms with E-state index in [1.165, 1.54) is 30.4 Å². The Balaban J connectivity index is 1.69. The van der Waals surface area contributed by atoms with E-state index in [1.807, 2.05) is 12.1 Å². The van der Waals surface area contributed by atoms with Crippen LogP contribution in [0.3, 0.4) is 0 Å². The van der Waals surface area contributed by atoms with Crippen LogP contribution in [0.25, 0.3) is 6.08 Å². The lowest BCUT2D eigenvalue weighted by Gasteiger charge is -2.12. The predicted octanol–water partition coefficient (Wildman–Crippen LogP) is 5.02. The van der Waals surface area contributed by atoms with E-state index in [-0.39, 0.29) is 0 Å². The van der Waals surface area contributed by atoms with Gasteiger partial charge in [0.1, 0.15) is 0 Å². The Hall–Kier alpha value is -1.27. The zero-order valence-electron chi connectivity index (χ0n) is 10.2. The Morgan fingerprint density at radius 2 is 1.56 bits per heavy atom. The van der Waals surface area contributed by atoms with E-state index < -0.39 is 0 Å². The molecule has 1 aromatic rings. The van der Waals surface area contributed by atoms with E-state index in [2.05, 4.69) is 30.4 Å². The molecule has 0 aliphatic heterocycles. The Bertz CT molecular complexity index is 559. The summed E-state index contributed by atoms with van der Waals surface area (Å²) in [6, 6.07) is 8.06. The van der Waals surface area contributed by atoms with Crippen molar-refractivity contribution in [1.29, 1.82) is 0 Å². The summed E-state index contributed by atoms with van der Waals surface area (Å²) >= 11 is 5.91. The normalized spacial score (nSPS) is 28.2. The second kappa shape index (κ2) is 3.86. The first-order valence-electron chi connectivity index (χ1n) is 6.70. The van der Waals surface area contributed by atoms with Gasteiger partial charge in [-0.15, -0.1) is 0 Å². The quantitative estimate of drug-likeness (QED) is 0.660. The minimum atomic E-state index is 0.801. The summed E-state index contributed by atoms with van der Waals surface area (Å²) in [5, 5.41) is 0.801. The van der Waals surface area contributed by atoms with Crippen LogP contribution in [0.5, 0.6) is 0 Å². The van der Waals surface area contributed by atoms with E-state index in [0.717, 1.165) is 16.9 Å². The van der Waals surface area contributed by atoms with Crippen LogP contribution in [0.2, 0.25) is 5.02 Å². The van der Waals surface area contributed by atoms with Gasteiger partial charge in [0.05, 0.1) is 0 Å². The van der Waals surface area contributed by atoms with E-state index in [0.29, 0.717) is 0 Å². The maximum absolute atomic E-state index is 5.91. The SMILES string of the molecule is Clc1ccc(C=C2C=C3C(=C2)[C@H]2CC[C@H]3C2)cc1. The molecule has 0 aromatic heterocycles. The molecule has 2 saturated carbocycles. The van der Waals surface area contributed by atoms with Gasteiger partial charge in [-0.3, -0.25) is 0 Å². The minimum Gasteiger partial charge on any atom is -0.0843 e. The number of hydrogen-bond donors (Lipinski definition) is 0. The van der Waals surface area contributed by atoms with Gasteiger partial charge < -0.3 is 0 Å². The first-order chi connectivity index (χ1) is 8.79. The van der Waals surface area contributed by atoms with Gasteiger partial charge in [-0.2, -0.15) is 0 Å². The Morgan fingerprint density at radius 3 is 2.17 bits per heavy atom. The van der Waals surface area contributed by atoms with Crippen LogP contribution in [0.15, 0.2) is 53.1 Å². The van der Waals surface area contributed by atoms with Gasteiger partial charge in [0.25, 0.3) is 0 Å². The predicted molar refractivity (Wildman–Crippen MR) is 76.4 cm³/mol. The summed E-state index contributed by atoms with van der Waals surface area (Å²) < 4.78 is 0. The molecule has 3 aliphatic carbocycles. The zero-order valence-corrected chi connectivity index (χ0v) is 11.0. The van der Waals surface area contributed by atoms with Gasteiger partial charge in [0.2, 0.25) is 0 Å². The van der Waals surface area contributed by atoms with Crippen LogP contribution >= 0.6 is 11.6 Å². The van der Waals surface area contributed by atoms with Crippen molar-refractivity contribution in [2.45, 2.75) is 19.3 Å². The molecular formula is C17H15Cl. The van der Waals surface area contributed by atoms with Crippen molar-refractivity contribution < 1.29 is 0 Å². The number of allylic oxidation sites excluding steroid dienone is 5. The van der Waals surface area contributed by atoms with E-state index in [4.69, 9.17) is 11.6 Å². The van der Waals surface area contributed by atoms with Crippen molar-refractivity contribution in [3.8, 4) is 0 Å². The lowest BCUT2D eigenvalue weighted by atomic mass is 9.92. The maximum atomic E-state index is 5.91. The standard InChI is InChI=1S/C17H15Cl/c18-15-5-1-11(2-6-15)7-12-8-16-13-3-4-14(10-13)17(16)9-12/h1-2,5-9,13-14H,3-4,10H2/t13-,14-/m0/s1. The summed E-state index contributed by atoms with van der Waals surface area (Å²) in [6.45, 7) is 0. The Kier molecular flexibility index (Phi) is 2.28. The third-order valence-corrected chi connectivity index (χ3v) is 4.75. The highest BCUT2D eigenvalue weighted by Crippen LogP contribution is 2.54. The van der Waals surface area contributed by atoms with Crippen molar-refractivity contribution in [3.63, 3.8) is 0 Å². The molecule has 90 valence electrons. The number of benzene rings is 1. The third-order valence-electron chi connectivity index (χ3n) is 4.49. The zero-order chi connectivity index (χ0) is 12.1. The van der Waals surface area contributed by atoms with E-state index in [1.54, 1.807) is 11.1 Å². The molecule has 0 unspecified atom stereocenters. The van der Waals surface area contributed by atoms with Crippen LogP contribution in [0.4, 0.5) is 0 Å². The van der Waals surface area contributed by atoms with Gasteiger partial charge in [-0.1, -0.05) is 35.9 Å². The first kappa shape index (κ1) is 10.6. The second-order valence-electron chi connectivity index (χ2n) is 5.60. The molecule has 1 heteroatoms. The van der Waals surface area contributed by atoms with Crippen LogP contribution in [0, 0.1) is 11.8 Å². The smallest absolute Gasteiger partial charge is 0.0406 e. The summed E-state index contributed by atoms with van der Waals surface area (Å²) in [7, 11) is 0. The average molecular weight is 255 g/mol. The molecule has 0 nitrogen and oxygen atoms in total. The molecule has 2 atom stereocenters. The molecule has 2 bridgehead atoms. The number of fused-ring (bicyclic) bond motifs is 5. The lowest BCUT2D eigenvalue weighted by molar-refractivity contribution is 0.658. The van der Waals surface area contributed by atoms with Crippen molar-refractivity contribution in [2.75, 3.05) is 0 Å². The largest absolute Gasteiger partial charge is 0.0843 e. The number of hydrogen-bond acceptors (Lipinski definition) is 0. The van der Waals surface area contributed by atoms with Gasteiger partial charge in [0, 0.05) is 5.02 Å². The average Bonchev–Trinajstić information content (AvgIpc) is 3.03. The van der Waals surface area contributed by atoms with Crippen LogP contribution < -0.4 is 0 Å². The lowest BCUT2D eigenvalue weighted by Crippen LogP contribution is -1.99. The highest BCUT2D eigenvalue weighted by Gasteiger charge is 2.40. The summed E-state index contributed by atoms with van der Waals surface area (Å²) in [4.78, 5) is 0. The summed E-state index contributed by atoms with van der Waals surface area (Å²) in [5.41, 5.74) is 5.85. The molecule has 0 amide bonds.